The maximum absolute atomic E-state index is 2.58. The van der Waals surface area contributed by atoms with Gasteiger partial charge in [0.25, 0.3) is 0 Å². The zero-order valence-electron chi connectivity index (χ0n) is 34.4. The highest BCUT2D eigenvalue weighted by molar-refractivity contribution is 7.74. The summed E-state index contributed by atoms with van der Waals surface area (Å²) in [7, 11) is -1.21. The summed E-state index contributed by atoms with van der Waals surface area (Å²) in [5.41, 5.74) is 7.15. The third kappa shape index (κ3) is 9.58. The summed E-state index contributed by atoms with van der Waals surface area (Å²) in [4.78, 5) is 0. The van der Waals surface area contributed by atoms with Gasteiger partial charge in [-0.05, 0) is 104 Å². The molecule has 0 radical (unpaired) electrons. The van der Waals surface area contributed by atoms with Crippen LogP contribution in [0.15, 0.2) is 97.1 Å². The van der Waals surface area contributed by atoms with E-state index in [-0.39, 0.29) is 21.7 Å². The topological polar surface area (TPSA) is 0 Å². The van der Waals surface area contributed by atoms with Crippen LogP contribution >= 0.6 is 15.8 Å². The Morgan fingerprint density at radius 2 is 0.500 bits per heavy atom. The smallest absolute Gasteiger partial charge is 0.0120 e. The molecule has 0 N–H and O–H groups in total. The summed E-state index contributed by atoms with van der Waals surface area (Å²) in [5, 5.41) is 5.98. The van der Waals surface area contributed by atoms with E-state index in [0.717, 1.165) is 0 Å². The van der Waals surface area contributed by atoms with Gasteiger partial charge in [-0.15, -0.1) is 0 Å². The molecule has 2 heteroatoms. The van der Waals surface area contributed by atoms with Gasteiger partial charge in [0, 0.05) is 0 Å². The standard InChI is InChI=1S/C48H68P2/c1-33(2)44(34(3)49(40-25-17-36(18-26-40)45(5,6)7)41-27-19-37(20-28-41)46(8,9)10)35(4)50(42-29-21-38(22-30-42)47(11,12)13)43-31-23-39(24-32-43)48(14,15)16/h17-35,44H,1-16H3. The Balaban J connectivity index is 1.87. The van der Waals surface area contributed by atoms with E-state index >= 15 is 0 Å². The average Bonchev–Trinajstić information content (AvgIpc) is 3.00. The molecule has 0 saturated heterocycles. The van der Waals surface area contributed by atoms with Gasteiger partial charge in [0.1, 0.15) is 0 Å². The van der Waals surface area contributed by atoms with Gasteiger partial charge in [0.2, 0.25) is 0 Å². The normalized spacial score (nSPS) is 15.1. The van der Waals surface area contributed by atoms with E-state index in [4.69, 9.17) is 0 Å². The van der Waals surface area contributed by atoms with Crippen LogP contribution in [0.4, 0.5) is 0 Å². The van der Waals surface area contributed by atoms with Gasteiger partial charge in [-0.3, -0.25) is 0 Å². The minimum atomic E-state index is -0.606. The average molecular weight is 707 g/mol. The van der Waals surface area contributed by atoms with Crippen molar-refractivity contribution in [3.63, 3.8) is 0 Å². The quantitative estimate of drug-likeness (QED) is 0.152. The van der Waals surface area contributed by atoms with E-state index < -0.39 is 15.8 Å². The lowest BCUT2D eigenvalue weighted by molar-refractivity contribution is 0.376. The maximum Gasteiger partial charge on any atom is -0.0120 e. The number of benzene rings is 4. The van der Waals surface area contributed by atoms with Gasteiger partial charge >= 0.3 is 0 Å². The van der Waals surface area contributed by atoms with Crippen molar-refractivity contribution < 1.29 is 0 Å². The largest absolute Gasteiger partial charge is 0.0625 e. The van der Waals surface area contributed by atoms with Gasteiger partial charge in [-0.25, -0.2) is 0 Å². The molecule has 0 fully saturated rings. The lowest BCUT2D eigenvalue weighted by atomic mass is 9.87. The van der Waals surface area contributed by atoms with Gasteiger partial charge < -0.3 is 0 Å². The zero-order chi connectivity index (χ0) is 37.4. The number of hydrogen-bond donors (Lipinski definition) is 0. The molecule has 0 nitrogen and oxygen atoms in total. The molecule has 4 rings (SSSR count). The first kappa shape index (κ1) is 40.5. The molecule has 4 aromatic carbocycles. The monoisotopic (exact) mass is 706 g/mol. The number of hydrogen-bond acceptors (Lipinski definition) is 0. The van der Waals surface area contributed by atoms with Crippen molar-refractivity contribution in [2.24, 2.45) is 11.8 Å². The SMILES string of the molecule is CC(C)C(C(C)P(c1ccc(C(C)(C)C)cc1)c1ccc(C(C)(C)C)cc1)C(C)P(c1ccc(C(C)(C)C)cc1)c1ccc(C(C)(C)C)cc1. The van der Waals surface area contributed by atoms with Crippen LogP contribution in [0.5, 0.6) is 0 Å². The molecule has 0 aliphatic rings. The fourth-order valence-electron chi connectivity index (χ4n) is 7.59. The van der Waals surface area contributed by atoms with Crippen molar-refractivity contribution in [1.29, 1.82) is 0 Å². The second-order valence-corrected chi connectivity index (χ2v) is 24.4. The second-order valence-electron chi connectivity index (χ2n) is 19.2. The predicted molar refractivity (Wildman–Crippen MR) is 230 cm³/mol. The molecule has 50 heavy (non-hydrogen) atoms. The third-order valence-electron chi connectivity index (χ3n) is 10.7. The van der Waals surface area contributed by atoms with Crippen molar-refractivity contribution in [3.8, 4) is 0 Å². The van der Waals surface area contributed by atoms with Crippen molar-refractivity contribution >= 4 is 37.1 Å². The van der Waals surface area contributed by atoms with Crippen molar-refractivity contribution in [1.82, 2.24) is 0 Å². The zero-order valence-corrected chi connectivity index (χ0v) is 36.2. The highest BCUT2D eigenvalue weighted by Crippen LogP contribution is 2.53. The van der Waals surface area contributed by atoms with Gasteiger partial charge in [-0.2, -0.15) is 0 Å². The van der Waals surface area contributed by atoms with Crippen molar-refractivity contribution in [3.05, 3.63) is 119 Å². The van der Waals surface area contributed by atoms with Crippen LogP contribution < -0.4 is 21.2 Å². The summed E-state index contributed by atoms with van der Waals surface area (Å²) in [5.74, 6) is 1.07. The first-order chi connectivity index (χ1) is 23.0. The summed E-state index contributed by atoms with van der Waals surface area (Å²) in [6.45, 7) is 38.0. The predicted octanol–water partition coefficient (Wildman–Crippen LogP) is 12.5. The Morgan fingerprint density at radius 1 is 0.320 bits per heavy atom. The first-order valence-electron chi connectivity index (χ1n) is 19.0. The van der Waals surface area contributed by atoms with Gasteiger partial charge in [0.15, 0.2) is 0 Å². The maximum atomic E-state index is 2.58. The fourth-order valence-corrected chi connectivity index (χ4v) is 14.0. The van der Waals surface area contributed by atoms with Crippen LogP contribution in [0.25, 0.3) is 0 Å². The van der Waals surface area contributed by atoms with Crippen molar-refractivity contribution in [2.45, 2.75) is 144 Å². The minimum Gasteiger partial charge on any atom is -0.0625 e. The molecule has 4 aromatic rings. The van der Waals surface area contributed by atoms with Crippen LogP contribution in [0.2, 0.25) is 0 Å². The molecule has 0 aliphatic carbocycles. The lowest BCUT2D eigenvalue weighted by Gasteiger charge is -2.42. The summed E-state index contributed by atoms with van der Waals surface area (Å²) >= 11 is 0. The van der Waals surface area contributed by atoms with Crippen LogP contribution in [0, 0.1) is 11.8 Å². The van der Waals surface area contributed by atoms with Crippen LogP contribution in [-0.2, 0) is 21.7 Å². The Kier molecular flexibility index (Phi) is 12.5. The van der Waals surface area contributed by atoms with E-state index in [1.54, 1.807) is 0 Å². The first-order valence-corrected chi connectivity index (χ1v) is 21.8. The molecule has 270 valence electrons. The highest BCUT2D eigenvalue weighted by atomic mass is 31.1. The van der Waals surface area contributed by atoms with E-state index in [0.29, 0.717) is 23.2 Å². The number of rotatable bonds is 9. The van der Waals surface area contributed by atoms with Gasteiger partial charge in [-0.1, -0.05) is 208 Å². The molecule has 0 spiro atoms. The fraction of sp³-hybridized carbons (Fsp3) is 0.500. The van der Waals surface area contributed by atoms with Crippen LogP contribution in [0.3, 0.4) is 0 Å². The Morgan fingerprint density at radius 3 is 0.640 bits per heavy atom. The Bertz CT molecular complexity index is 1410. The van der Waals surface area contributed by atoms with E-state index in [9.17, 15) is 0 Å². The lowest BCUT2D eigenvalue weighted by Crippen LogP contribution is -2.38. The van der Waals surface area contributed by atoms with Gasteiger partial charge in [0.05, 0.1) is 0 Å². The third-order valence-corrected chi connectivity index (χ3v) is 16.5. The highest BCUT2D eigenvalue weighted by Gasteiger charge is 2.38. The summed E-state index contributed by atoms with van der Waals surface area (Å²) in [6.07, 6.45) is 0. The molecular formula is C48H68P2. The molecule has 0 aliphatic heterocycles. The Labute approximate surface area is 310 Å². The molecule has 2 atom stereocenters. The molecule has 0 heterocycles. The molecule has 0 bridgehead atoms. The van der Waals surface area contributed by atoms with E-state index in [2.05, 4.69) is 208 Å². The van der Waals surface area contributed by atoms with E-state index in [1.807, 2.05) is 0 Å². The summed E-state index contributed by atoms with van der Waals surface area (Å²) in [6, 6.07) is 38.9. The molecule has 2 unspecified atom stereocenters. The second kappa shape index (κ2) is 15.4. The molecular weight excluding hydrogens is 638 g/mol. The molecule has 0 amide bonds. The van der Waals surface area contributed by atoms with Crippen molar-refractivity contribution in [2.75, 3.05) is 0 Å². The van der Waals surface area contributed by atoms with E-state index in [1.165, 1.54) is 43.5 Å². The Hall–Kier alpha value is -2.26. The molecule has 0 saturated carbocycles. The summed E-state index contributed by atoms with van der Waals surface area (Å²) < 4.78 is 0. The van der Waals surface area contributed by atoms with Crippen LogP contribution in [0.1, 0.15) is 133 Å². The molecule has 0 aromatic heterocycles. The van der Waals surface area contributed by atoms with Crippen LogP contribution in [-0.4, -0.2) is 11.3 Å². The minimum absolute atomic E-state index is 0.136.